The Morgan fingerprint density at radius 1 is 0.845 bits per heavy atom. The lowest BCUT2D eigenvalue weighted by atomic mass is 9.93. The van der Waals surface area contributed by atoms with E-state index in [9.17, 15) is 9.90 Å². The fourth-order valence-electron chi connectivity index (χ4n) is 9.22. The standard InChI is InChI=1S/C47H50Cl2N4O5/c1-27-20-34(58-19-17-51-15-7-8-16-51)21-28(2)41(27)42-38(48)13-12-37-36(10-9-18-57-35-22-29(3)43(49)30(4)23-35)45-46(54)52(26-31(5)53(45)44(37)42)40-25-33-24-32(47(55)56)11-14-39(33)50(40)6/h11-14,20-25,31H,7-10,15-19,26H2,1-6H3,(H,55,56)/t31-/m1/s1. The van der Waals surface area contributed by atoms with Crippen LogP contribution < -0.4 is 14.4 Å². The molecule has 1 saturated heterocycles. The van der Waals surface area contributed by atoms with Crippen LogP contribution in [0.4, 0.5) is 5.82 Å². The van der Waals surface area contributed by atoms with Crippen LogP contribution in [0, 0.1) is 27.7 Å². The monoisotopic (exact) mass is 820 g/mol. The van der Waals surface area contributed by atoms with E-state index in [-0.39, 0.29) is 17.5 Å². The number of likely N-dealkylation sites (tertiary alicyclic amines) is 1. The van der Waals surface area contributed by atoms with Crippen molar-refractivity contribution < 1.29 is 24.2 Å². The topological polar surface area (TPSA) is 89.2 Å². The number of carboxylic acids is 1. The molecule has 1 N–H and O–H groups in total. The number of nitrogens with zero attached hydrogens (tertiary/aromatic N) is 4. The summed E-state index contributed by atoms with van der Waals surface area (Å²) in [6.45, 7) is 15.0. The second-order valence-electron chi connectivity index (χ2n) is 16.1. The van der Waals surface area contributed by atoms with Gasteiger partial charge in [-0.15, -0.1) is 0 Å². The Morgan fingerprint density at radius 3 is 2.17 bits per heavy atom. The van der Waals surface area contributed by atoms with Crippen LogP contribution in [-0.4, -0.2) is 70.4 Å². The van der Waals surface area contributed by atoms with Gasteiger partial charge in [0.05, 0.1) is 22.7 Å². The number of aromatic nitrogens is 2. The first-order valence-electron chi connectivity index (χ1n) is 20.2. The van der Waals surface area contributed by atoms with Crippen molar-refractivity contribution in [3.63, 3.8) is 0 Å². The molecule has 4 heterocycles. The summed E-state index contributed by atoms with van der Waals surface area (Å²) in [7, 11) is 1.92. The molecule has 6 aromatic rings. The second kappa shape index (κ2) is 16.0. The molecule has 0 radical (unpaired) electrons. The van der Waals surface area contributed by atoms with E-state index in [1.165, 1.54) is 12.8 Å². The van der Waals surface area contributed by atoms with Crippen LogP contribution in [0.1, 0.15) is 80.9 Å². The Labute approximate surface area is 349 Å². The van der Waals surface area contributed by atoms with Crippen LogP contribution in [0.5, 0.6) is 11.5 Å². The smallest absolute Gasteiger partial charge is 0.335 e. The zero-order chi connectivity index (χ0) is 41.0. The number of carboxylic acid groups (broad SMARTS) is 1. The molecule has 1 amide bonds. The van der Waals surface area contributed by atoms with Crippen molar-refractivity contribution in [2.24, 2.45) is 7.05 Å². The van der Waals surface area contributed by atoms with Gasteiger partial charge in [-0.1, -0.05) is 29.3 Å². The van der Waals surface area contributed by atoms with Crippen molar-refractivity contribution in [3.05, 3.63) is 110 Å². The summed E-state index contributed by atoms with van der Waals surface area (Å²) in [5.74, 6) is 1.21. The molecule has 0 spiro atoms. The Kier molecular flexibility index (Phi) is 11.0. The van der Waals surface area contributed by atoms with Gasteiger partial charge in [-0.05, 0) is 161 Å². The van der Waals surface area contributed by atoms with Crippen molar-refractivity contribution in [2.45, 2.75) is 66.3 Å². The number of carbonyl (C=O) groups is 2. The number of amides is 1. The number of aryl methyl sites for hydroxylation is 6. The molecule has 9 nitrogen and oxygen atoms in total. The summed E-state index contributed by atoms with van der Waals surface area (Å²) in [4.78, 5) is 31.2. The minimum atomic E-state index is -0.992. The van der Waals surface area contributed by atoms with Crippen molar-refractivity contribution >= 4 is 62.7 Å². The number of aromatic carboxylic acids is 1. The summed E-state index contributed by atoms with van der Waals surface area (Å²) < 4.78 is 16.7. The van der Waals surface area contributed by atoms with Gasteiger partial charge in [0.15, 0.2) is 0 Å². The van der Waals surface area contributed by atoms with Crippen LogP contribution in [0.3, 0.4) is 0 Å². The first-order valence-corrected chi connectivity index (χ1v) is 20.9. The van der Waals surface area contributed by atoms with Gasteiger partial charge in [-0.2, -0.15) is 0 Å². The van der Waals surface area contributed by atoms with E-state index < -0.39 is 5.97 Å². The first-order chi connectivity index (χ1) is 27.8. The third-order valence-electron chi connectivity index (χ3n) is 12.0. The molecular formula is C47H50Cl2N4O5. The maximum atomic E-state index is 15.1. The number of hydrogen-bond donors (Lipinski definition) is 1. The molecule has 0 bridgehead atoms. The minimum Gasteiger partial charge on any atom is -0.494 e. The summed E-state index contributed by atoms with van der Waals surface area (Å²) in [6, 6.07) is 19.0. The van der Waals surface area contributed by atoms with E-state index in [2.05, 4.69) is 48.4 Å². The molecule has 8 rings (SSSR count). The van der Waals surface area contributed by atoms with E-state index in [0.717, 1.165) is 96.9 Å². The molecule has 11 heteroatoms. The highest BCUT2D eigenvalue weighted by Gasteiger charge is 2.37. The van der Waals surface area contributed by atoms with Gasteiger partial charge < -0.3 is 23.7 Å². The number of ether oxygens (including phenoxy) is 2. The van der Waals surface area contributed by atoms with Crippen molar-refractivity contribution in [3.8, 4) is 22.6 Å². The molecule has 2 aliphatic heterocycles. The molecule has 0 unspecified atom stereocenters. The van der Waals surface area contributed by atoms with Crippen LogP contribution in [0.25, 0.3) is 32.9 Å². The van der Waals surface area contributed by atoms with Crippen LogP contribution in [0.2, 0.25) is 10.0 Å². The van der Waals surface area contributed by atoms with E-state index in [0.29, 0.717) is 49.1 Å². The highest BCUT2D eigenvalue weighted by atomic mass is 35.5. The summed E-state index contributed by atoms with van der Waals surface area (Å²) in [5, 5.41) is 12.8. The average molecular weight is 822 g/mol. The van der Waals surface area contributed by atoms with Gasteiger partial charge in [0, 0.05) is 53.1 Å². The normalized spacial score (nSPS) is 15.8. The number of halogens is 2. The van der Waals surface area contributed by atoms with E-state index in [1.807, 2.05) is 54.6 Å². The number of benzene rings is 4. The fraction of sp³-hybridized carbons (Fsp3) is 0.362. The summed E-state index contributed by atoms with van der Waals surface area (Å²) in [6.07, 6.45) is 3.76. The molecule has 58 heavy (non-hydrogen) atoms. The van der Waals surface area contributed by atoms with E-state index >= 15 is 4.79 Å². The van der Waals surface area contributed by atoms with E-state index in [4.69, 9.17) is 32.7 Å². The number of rotatable bonds is 12. The second-order valence-corrected chi connectivity index (χ2v) is 16.9. The van der Waals surface area contributed by atoms with Gasteiger partial charge in [0.25, 0.3) is 5.91 Å². The zero-order valence-electron chi connectivity index (χ0n) is 34.0. The Hall–Kier alpha value is -4.96. The minimum absolute atomic E-state index is 0.115. The number of carbonyl (C=O) groups excluding carboxylic acids is 1. The Morgan fingerprint density at radius 2 is 1.50 bits per heavy atom. The molecule has 0 aliphatic carbocycles. The molecule has 4 aromatic carbocycles. The number of fused-ring (bicyclic) bond motifs is 4. The highest BCUT2D eigenvalue weighted by Crippen LogP contribution is 2.46. The van der Waals surface area contributed by atoms with Gasteiger partial charge in [-0.3, -0.25) is 14.6 Å². The lowest BCUT2D eigenvalue weighted by Gasteiger charge is -2.34. The number of hydrogen-bond acceptors (Lipinski definition) is 5. The predicted molar refractivity (Wildman–Crippen MR) is 234 cm³/mol. The van der Waals surface area contributed by atoms with Gasteiger partial charge in [-0.25, -0.2) is 4.79 Å². The van der Waals surface area contributed by atoms with Crippen LogP contribution in [-0.2, 0) is 13.5 Å². The van der Waals surface area contributed by atoms with Crippen molar-refractivity contribution in [1.29, 1.82) is 0 Å². The fourth-order valence-corrected chi connectivity index (χ4v) is 9.57. The summed E-state index contributed by atoms with van der Waals surface area (Å²) in [5.41, 5.74) is 9.56. The Bertz CT molecular complexity index is 2560. The largest absolute Gasteiger partial charge is 0.494 e. The lowest BCUT2D eigenvalue weighted by Crippen LogP contribution is -2.43. The highest BCUT2D eigenvalue weighted by molar-refractivity contribution is 6.35. The third-order valence-corrected chi connectivity index (χ3v) is 12.9. The molecule has 302 valence electrons. The van der Waals surface area contributed by atoms with Gasteiger partial charge in [0.1, 0.15) is 29.6 Å². The van der Waals surface area contributed by atoms with Gasteiger partial charge in [0.2, 0.25) is 0 Å². The lowest BCUT2D eigenvalue weighted by molar-refractivity contribution is 0.0696. The maximum absolute atomic E-state index is 15.1. The average Bonchev–Trinajstić information content (AvgIpc) is 3.91. The van der Waals surface area contributed by atoms with E-state index in [1.54, 1.807) is 18.2 Å². The molecule has 2 aromatic heterocycles. The first kappa shape index (κ1) is 39.8. The predicted octanol–water partition coefficient (Wildman–Crippen LogP) is 10.7. The van der Waals surface area contributed by atoms with Crippen LogP contribution in [0.15, 0.2) is 60.7 Å². The number of anilines is 1. The van der Waals surface area contributed by atoms with Crippen molar-refractivity contribution in [1.82, 2.24) is 14.0 Å². The molecule has 2 aliphatic rings. The summed E-state index contributed by atoms with van der Waals surface area (Å²) >= 11 is 13.7. The molecular weight excluding hydrogens is 771 g/mol. The SMILES string of the molecule is Cc1cc(OCCCc2c3n(c4c(-c5c(C)cc(OCCN6CCCC6)cc5C)c(Cl)ccc24)[C@H](C)CN(c2cc4cc(C(=O)O)ccc4n2C)C3=O)cc(C)c1Cl. The third kappa shape index (κ3) is 7.22. The maximum Gasteiger partial charge on any atom is 0.335 e. The quantitative estimate of drug-likeness (QED) is 0.124. The molecule has 0 saturated carbocycles. The Balaban J connectivity index is 1.21. The zero-order valence-corrected chi connectivity index (χ0v) is 35.6. The molecule has 1 fully saturated rings. The molecule has 1 atom stereocenters. The van der Waals surface area contributed by atoms with Crippen molar-refractivity contribution in [2.75, 3.05) is 44.3 Å². The van der Waals surface area contributed by atoms with Gasteiger partial charge >= 0.3 is 5.97 Å². The van der Waals surface area contributed by atoms with Crippen LogP contribution >= 0.6 is 23.2 Å².